The molecule has 2 aromatic carbocycles. The van der Waals surface area contributed by atoms with Gasteiger partial charge in [-0.05, 0) is 83.4 Å². The van der Waals surface area contributed by atoms with Gasteiger partial charge in [0.05, 0.1) is 44.0 Å². The second-order valence-corrected chi connectivity index (χ2v) is 12.1. The summed E-state index contributed by atoms with van der Waals surface area (Å²) in [6.45, 7) is 7.99. The number of hydrogen-bond donors (Lipinski definition) is 0. The third-order valence-electron chi connectivity index (χ3n) is 8.72. The highest BCUT2D eigenvalue weighted by molar-refractivity contribution is 6.18. The third-order valence-corrected chi connectivity index (χ3v) is 8.72. The first-order valence-electron chi connectivity index (χ1n) is 17.2. The van der Waals surface area contributed by atoms with Crippen LogP contribution in [0.5, 0.6) is 0 Å². The van der Waals surface area contributed by atoms with Crippen LogP contribution in [0.25, 0.3) is 0 Å². The second kappa shape index (κ2) is 19.3. The maximum atomic E-state index is 13.5. The number of hydrogen-bond acceptors (Lipinski definition) is 13. The van der Waals surface area contributed by atoms with E-state index in [1.165, 1.54) is 25.3 Å². The number of nitro groups is 1. The molecule has 0 bridgehead atoms. The molecule has 14 nitrogen and oxygen atoms in total. The third kappa shape index (κ3) is 9.68. The lowest BCUT2D eigenvalue weighted by Crippen LogP contribution is -2.49. The topological polar surface area (TPSA) is 187 Å². The highest BCUT2D eigenvalue weighted by atomic mass is 16.6. The Balaban J connectivity index is 1.66. The van der Waals surface area contributed by atoms with E-state index in [2.05, 4.69) is 4.99 Å². The average molecular weight is 723 g/mol. The number of carbonyl (C=O) groups excluding carboxylic acids is 5. The standard InChI is InChI=1S/C38H46N2O12/c1-7-49-35(43)38(36(44)50-8-2,37(45)51-9-3)21-20-27-18-16-26(17-19-27)13-10-11-22-52-34(42)31-25(5)39-24(4)30(33(41)48-6)32(31)28-14-12-15-29(23-28)40(46)47/h12,14-19,23,30,32H,7-11,13,20-22H2,1-6H3. The van der Waals surface area contributed by atoms with Gasteiger partial charge < -0.3 is 23.7 Å². The predicted molar refractivity (Wildman–Crippen MR) is 188 cm³/mol. The quantitative estimate of drug-likeness (QED) is 0.0478. The summed E-state index contributed by atoms with van der Waals surface area (Å²) >= 11 is 0. The van der Waals surface area contributed by atoms with Crippen LogP contribution >= 0.6 is 0 Å². The van der Waals surface area contributed by atoms with Gasteiger partial charge in [0, 0.05) is 29.5 Å². The minimum atomic E-state index is -2.24. The number of methoxy groups -OCH3 is 1. The van der Waals surface area contributed by atoms with Crippen LogP contribution in [0.2, 0.25) is 0 Å². The van der Waals surface area contributed by atoms with E-state index in [4.69, 9.17) is 23.7 Å². The van der Waals surface area contributed by atoms with Crippen molar-refractivity contribution in [1.82, 2.24) is 0 Å². The van der Waals surface area contributed by atoms with Crippen LogP contribution in [0.3, 0.4) is 0 Å². The first-order valence-corrected chi connectivity index (χ1v) is 17.2. The van der Waals surface area contributed by atoms with E-state index in [0.29, 0.717) is 36.2 Å². The molecule has 0 fully saturated rings. The Hall–Kier alpha value is -5.40. The lowest BCUT2D eigenvalue weighted by atomic mass is 9.75. The Labute approximate surface area is 302 Å². The van der Waals surface area contributed by atoms with Gasteiger partial charge in [-0.1, -0.05) is 36.4 Å². The Morgan fingerprint density at radius 1 is 0.808 bits per heavy atom. The number of aliphatic imine (C=N–C) groups is 1. The molecule has 2 aromatic rings. The number of allylic oxidation sites excluding steroid dienone is 1. The molecule has 1 aliphatic heterocycles. The number of ether oxygens (including phenoxy) is 5. The van der Waals surface area contributed by atoms with Crippen molar-refractivity contribution in [2.45, 2.75) is 72.6 Å². The van der Waals surface area contributed by atoms with Crippen molar-refractivity contribution in [2.75, 3.05) is 33.5 Å². The summed E-state index contributed by atoms with van der Waals surface area (Å²) in [5, 5.41) is 11.5. The summed E-state index contributed by atoms with van der Waals surface area (Å²) in [5.41, 5.74) is 0.634. The summed E-state index contributed by atoms with van der Waals surface area (Å²) in [6, 6.07) is 13.3. The number of non-ortho nitro benzene ring substituents is 1. The molecule has 280 valence electrons. The monoisotopic (exact) mass is 722 g/mol. The van der Waals surface area contributed by atoms with Gasteiger partial charge in [-0.25, -0.2) is 4.79 Å². The van der Waals surface area contributed by atoms with Crippen molar-refractivity contribution in [3.8, 4) is 0 Å². The van der Waals surface area contributed by atoms with Crippen molar-refractivity contribution >= 4 is 41.2 Å². The fourth-order valence-corrected chi connectivity index (χ4v) is 6.12. The molecular formula is C38H46N2O12. The van der Waals surface area contributed by atoms with Crippen LogP contribution in [0, 0.1) is 21.4 Å². The first kappa shape index (κ1) is 41.0. The number of rotatable bonds is 18. The summed E-state index contributed by atoms with van der Waals surface area (Å²) < 4.78 is 26.0. The van der Waals surface area contributed by atoms with Crippen molar-refractivity contribution < 1.29 is 52.6 Å². The lowest BCUT2D eigenvalue weighted by molar-refractivity contribution is -0.384. The molecule has 1 aliphatic rings. The molecule has 0 saturated heterocycles. The van der Waals surface area contributed by atoms with Gasteiger partial charge >= 0.3 is 29.8 Å². The molecule has 0 aliphatic carbocycles. The molecule has 1 heterocycles. The number of esters is 5. The number of carbonyl (C=O) groups is 5. The van der Waals surface area contributed by atoms with Gasteiger partial charge in [-0.2, -0.15) is 0 Å². The number of unbranched alkanes of at least 4 members (excludes halogenated alkanes) is 1. The molecule has 0 aromatic heterocycles. The minimum Gasteiger partial charge on any atom is -0.468 e. The van der Waals surface area contributed by atoms with Crippen LogP contribution < -0.4 is 0 Å². The Morgan fingerprint density at radius 2 is 1.37 bits per heavy atom. The fraction of sp³-hybridized carbons (Fsp3) is 0.474. The largest absolute Gasteiger partial charge is 0.468 e. The predicted octanol–water partition coefficient (Wildman–Crippen LogP) is 5.39. The SMILES string of the molecule is CCOC(=O)C(CCc1ccc(CCCCOC(=O)C2=C(C)N=C(C)C(C(=O)OC)C2c2cccc([N+](=O)[O-])c2)cc1)(C(=O)OCC)C(=O)OCC. The Kier molecular flexibility index (Phi) is 15.2. The molecule has 14 heteroatoms. The number of nitro benzene ring substituents is 1. The zero-order valence-corrected chi connectivity index (χ0v) is 30.4. The highest BCUT2D eigenvalue weighted by Gasteiger charge is 2.57. The molecule has 0 amide bonds. The van der Waals surface area contributed by atoms with Crippen molar-refractivity contribution in [1.29, 1.82) is 0 Å². The van der Waals surface area contributed by atoms with E-state index < -0.39 is 52.0 Å². The molecule has 52 heavy (non-hydrogen) atoms. The maximum Gasteiger partial charge on any atom is 0.336 e. The van der Waals surface area contributed by atoms with E-state index in [1.807, 2.05) is 24.3 Å². The van der Waals surface area contributed by atoms with Crippen LogP contribution in [-0.2, 0) is 60.5 Å². The van der Waals surface area contributed by atoms with Crippen LogP contribution in [-0.4, -0.2) is 74.0 Å². The summed E-state index contributed by atoms with van der Waals surface area (Å²) in [7, 11) is 1.23. The molecule has 0 radical (unpaired) electrons. The molecule has 2 atom stereocenters. The first-order chi connectivity index (χ1) is 24.9. The van der Waals surface area contributed by atoms with E-state index in [9.17, 15) is 34.1 Å². The highest BCUT2D eigenvalue weighted by Crippen LogP contribution is 2.41. The van der Waals surface area contributed by atoms with Gasteiger partial charge in [0.2, 0.25) is 0 Å². The molecule has 0 saturated carbocycles. The molecular weight excluding hydrogens is 676 g/mol. The summed E-state index contributed by atoms with van der Waals surface area (Å²) in [6.07, 6.45) is 1.84. The lowest BCUT2D eigenvalue weighted by Gasteiger charge is -2.31. The van der Waals surface area contributed by atoms with Gasteiger partial charge in [0.1, 0.15) is 5.92 Å². The van der Waals surface area contributed by atoms with Crippen molar-refractivity contribution in [3.05, 3.63) is 86.6 Å². The van der Waals surface area contributed by atoms with E-state index in [0.717, 1.165) is 11.1 Å². The number of benzene rings is 2. The van der Waals surface area contributed by atoms with Crippen LogP contribution in [0.15, 0.2) is 64.8 Å². The van der Waals surface area contributed by atoms with Crippen molar-refractivity contribution in [2.24, 2.45) is 16.3 Å². The van der Waals surface area contributed by atoms with Gasteiger partial charge in [-0.3, -0.25) is 34.3 Å². The molecule has 3 rings (SSSR count). The average Bonchev–Trinajstić information content (AvgIpc) is 3.12. The van der Waals surface area contributed by atoms with E-state index in [1.54, 1.807) is 40.7 Å². The minimum absolute atomic E-state index is 0.0319. The van der Waals surface area contributed by atoms with E-state index in [-0.39, 0.29) is 50.5 Å². The second-order valence-electron chi connectivity index (χ2n) is 12.1. The smallest absolute Gasteiger partial charge is 0.336 e. The normalized spacial score (nSPS) is 15.6. The molecule has 0 spiro atoms. The molecule has 0 N–H and O–H groups in total. The van der Waals surface area contributed by atoms with Gasteiger partial charge in [-0.15, -0.1) is 0 Å². The molecule has 2 unspecified atom stereocenters. The van der Waals surface area contributed by atoms with Gasteiger partial charge in [0.15, 0.2) is 0 Å². The van der Waals surface area contributed by atoms with Crippen LogP contribution in [0.1, 0.15) is 76.5 Å². The number of aryl methyl sites for hydroxylation is 2. The summed E-state index contributed by atoms with van der Waals surface area (Å²) in [5.74, 6) is -6.20. The van der Waals surface area contributed by atoms with E-state index >= 15 is 0 Å². The zero-order valence-electron chi connectivity index (χ0n) is 30.4. The zero-order chi connectivity index (χ0) is 38.4. The maximum absolute atomic E-state index is 13.5. The summed E-state index contributed by atoms with van der Waals surface area (Å²) in [4.78, 5) is 80.7. The number of nitrogens with zero attached hydrogens (tertiary/aromatic N) is 2. The Morgan fingerprint density at radius 3 is 1.88 bits per heavy atom. The van der Waals surface area contributed by atoms with Gasteiger partial charge in [0.25, 0.3) is 11.1 Å². The fourth-order valence-electron chi connectivity index (χ4n) is 6.12. The van der Waals surface area contributed by atoms with Crippen molar-refractivity contribution in [3.63, 3.8) is 0 Å². The van der Waals surface area contributed by atoms with Crippen LogP contribution in [0.4, 0.5) is 5.69 Å². The Bertz CT molecular complexity index is 1650.